The lowest BCUT2D eigenvalue weighted by Gasteiger charge is -2.05. The first-order valence-electron chi connectivity index (χ1n) is 5.46. The highest BCUT2D eigenvalue weighted by Gasteiger charge is 2.05. The van der Waals surface area contributed by atoms with Crippen LogP contribution in [0, 0.1) is 0 Å². The van der Waals surface area contributed by atoms with Crippen LogP contribution < -0.4 is 0 Å². The highest BCUT2D eigenvalue weighted by Crippen LogP contribution is 2.25. The standard InChI is InChI=1S/C14H9NO2S/c16-18(17)9-14-12-7-2-1-5-10(12)11-6-3-4-8-13(11)15-14/h1-9H. The van der Waals surface area contributed by atoms with Crippen LogP contribution in [-0.2, 0) is 10.3 Å². The van der Waals surface area contributed by atoms with Gasteiger partial charge in [0.25, 0.3) is 0 Å². The summed E-state index contributed by atoms with van der Waals surface area (Å²) in [6.45, 7) is 0. The Morgan fingerprint density at radius 1 is 0.833 bits per heavy atom. The molecular weight excluding hydrogens is 246 g/mol. The van der Waals surface area contributed by atoms with Gasteiger partial charge in [0.05, 0.1) is 16.6 Å². The summed E-state index contributed by atoms with van der Waals surface area (Å²) in [5.41, 5.74) is 1.28. The van der Waals surface area contributed by atoms with E-state index in [9.17, 15) is 8.42 Å². The summed E-state index contributed by atoms with van der Waals surface area (Å²) in [5, 5.41) is 4.04. The second-order valence-electron chi connectivity index (χ2n) is 3.94. The molecule has 0 bridgehead atoms. The number of rotatable bonds is 1. The van der Waals surface area contributed by atoms with Gasteiger partial charge in [-0.3, -0.25) is 0 Å². The average Bonchev–Trinajstić information content (AvgIpc) is 2.38. The number of fused-ring (bicyclic) bond motifs is 3. The van der Waals surface area contributed by atoms with Crippen molar-refractivity contribution in [2.75, 3.05) is 0 Å². The summed E-state index contributed by atoms with van der Waals surface area (Å²) in [5.74, 6) is 0. The van der Waals surface area contributed by atoms with Crippen molar-refractivity contribution in [3.63, 3.8) is 0 Å². The third-order valence-corrected chi connectivity index (χ3v) is 3.26. The second-order valence-corrected chi connectivity index (χ2v) is 4.69. The minimum absolute atomic E-state index is 0.484. The lowest BCUT2D eigenvalue weighted by Crippen LogP contribution is -1.92. The molecular formula is C14H9NO2S. The first kappa shape index (κ1) is 10.9. The fourth-order valence-electron chi connectivity index (χ4n) is 2.11. The van der Waals surface area contributed by atoms with Crippen molar-refractivity contribution in [2.45, 2.75) is 0 Å². The van der Waals surface area contributed by atoms with E-state index in [0.717, 1.165) is 27.0 Å². The second kappa shape index (κ2) is 4.23. The Balaban J connectivity index is 2.58. The molecule has 0 aliphatic carbocycles. The number of nitrogens with zero attached hydrogens (tertiary/aromatic N) is 1. The molecule has 2 aromatic carbocycles. The van der Waals surface area contributed by atoms with Crippen molar-refractivity contribution in [3.8, 4) is 0 Å². The molecule has 0 N–H and O–H groups in total. The molecule has 3 rings (SSSR count). The van der Waals surface area contributed by atoms with E-state index < -0.39 is 10.3 Å². The quantitative estimate of drug-likeness (QED) is 0.495. The van der Waals surface area contributed by atoms with Crippen LogP contribution in [0.2, 0.25) is 0 Å². The monoisotopic (exact) mass is 255 g/mol. The topological polar surface area (TPSA) is 47.0 Å². The van der Waals surface area contributed by atoms with Crippen LogP contribution in [-0.4, -0.2) is 18.8 Å². The molecule has 1 heterocycles. The number of hydrogen-bond acceptors (Lipinski definition) is 3. The fourth-order valence-corrected chi connectivity index (χ4v) is 2.47. The van der Waals surface area contributed by atoms with Crippen molar-refractivity contribution < 1.29 is 8.42 Å². The molecule has 18 heavy (non-hydrogen) atoms. The normalized spacial score (nSPS) is 10.7. The van der Waals surface area contributed by atoms with Gasteiger partial charge in [-0.25, -0.2) is 4.98 Å². The van der Waals surface area contributed by atoms with Crippen molar-refractivity contribution in [1.82, 2.24) is 4.98 Å². The molecule has 0 aliphatic rings. The predicted octanol–water partition coefficient (Wildman–Crippen LogP) is 2.42. The number of pyridine rings is 1. The van der Waals surface area contributed by atoms with Crippen molar-refractivity contribution >= 4 is 37.3 Å². The summed E-state index contributed by atoms with van der Waals surface area (Å²) >= 11 is 0. The van der Waals surface area contributed by atoms with Crippen LogP contribution in [0.3, 0.4) is 0 Å². The van der Waals surface area contributed by atoms with Crippen LogP contribution in [0.4, 0.5) is 0 Å². The van der Waals surface area contributed by atoms with Crippen LogP contribution in [0.15, 0.2) is 48.5 Å². The highest BCUT2D eigenvalue weighted by molar-refractivity contribution is 7.71. The first-order chi connectivity index (χ1) is 8.75. The van der Waals surface area contributed by atoms with Crippen molar-refractivity contribution in [1.29, 1.82) is 0 Å². The first-order valence-corrected chi connectivity index (χ1v) is 6.60. The largest absolute Gasteiger partial charge is 0.247 e. The zero-order valence-electron chi connectivity index (χ0n) is 9.37. The third kappa shape index (κ3) is 1.76. The van der Waals surface area contributed by atoms with E-state index in [1.807, 2.05) is 48.5 Å². The van der Waals surface area contributed by atoms with E-state index in [0.29, 0.717) is 5.69 Å². The van der Waals surface area contributed by atoms with E-state index in [-0.39, 0.29) is 0 Å². The van der Waals surface area contributed by atoms with E-state index >= 15 is 0 Å². The SMILES string of the molecule is O=S(=O)=Cc1nc2ccccc2c2ccccc12. The Labute approximate surface area is 105 Å². The van der Waals surface area contributed by atoms with Gasteiger partial charge in [-0.2, -0.15) is 8.42 Å². The van der Waals surface area contributed by atoms with Gasteiger partial charge < -0.3 is 0 Å². The minimum Gasteiger partial charge on any atom is -0.247 e. The van der Waals surface area contributed by atoms with Gasteiger partial charge in [0, 0.05) is 10.8 Å². The summed E-state index contributed by atoms with van der Waals surface area (Å²) in [4.78, 5) is 4.39. The number of aromatic nitrogens is 1. The van der Waals surface area contributed by atoms with Gasteiger partial charge in [-0.15, -0.1) is 0 Å². The Morgan fingerprint density at radius 2 is 1.44 bits per heavy atom. The maximum Gasteiger partial charge on any atom is 0.216 e. The Bertz CT molecular complexity index is 875. The Hall–Kier alpha value is -2.20. The minimum atomic E-state index is -2.25. The molecule has 3 aromatic rings. The maximum atomic E-state index is 10.9. The summed E-state index contributed by atoms with van der Waals surface area (Å²) < 4.78 is 21.7. The van der Waals surface area contributed by atoms with E-state index in [2.05, 4.69) is 4.98 Å². The summed E-state index contributed by atoms with van der Waals surface area (Å²) in [6, 6.07) is 15.4. The molecule has 0 amide bonds. The van der Waals surface area contributed by atoms with Gasteiger partial charge in [0.2, 0.25) is 10.3 Å². The fraction of sp³-hybridized carbons (Fsp3) is 0. The van der Waals surface area contributed by atoms with Crippen molar-refractivity contribution in [3.05, 3.63) is 54.2 Å². The lowest BCUT2D eigenvalue weighted by molar-refractivity contribution is 0.627. The van der Waals surface area contributed by atoms with E-state index in [1.54, 1.807) is 0 Å². The molecule has 0 saturated heterocycles. The van der Waals surface area contributed by atoms with Gasteiger partial charge >= 0.3 is 0 Å². The summed E-state index contributed by atoms with van der Waals surface area (Å²) in [6.07, 6.45) is 0. The van der Waals surface area contributed by atoms with Gasteiger partial charge in [0.1, 0.15) is 0 Å². The Kier molecular flexibility index (Phi) is 2.57. The van der Waals surface area contributed by atoms with Crippen molar-refractivity contribution in [2.24, 2.45) is 0 Å². The average molecular weight is 255 g/mol. The lowest BCUT2D eigenvalue weighted by atomic mass is 10.0. The molecule has 1 aromatic heterocycles. The van der Waals surface area contributed by atoms with Crippen LogP contribution >= 0.6 is 0 Å². The molecule has 3 nitrogen and oxygen atoms in total. The number of benzene rings is 2. The van der Waals surface area contributed by atoms with Crippen LogP contribution in [0.1, 0.15) is 5.69 Å². The van der Waals surface area contributed by atoms with Crippen LogP contribution in [0.25, 0.3) is 21.7 Å². The molecule has 0 spiro atoms. The number of hydrogen-bond donors (Lipinski definition) is 0. The van der Waals surface area contributed by atoms with E-state index in [1.165, 1.54) is 0 Å². The maximum absolute atomic E-state index is 10.9. The molecule has 0 unspecified atom stereocenters. The third-order valence-electron chi connectivity index (χ3n) is 2.85. The predicted molar refractivity (Wildman–Crippen MR) is 73.3 cm³/mol. The molecule has 4 heteroatoms. The smallest absolute Gasteiger partial charge is 0.216 e. The molecule has 0 saturated carbocycles. The zero-order valence-corrected chi connectivity index (χ0v) is 10.2. The van der Waals surface area contributed by atoms with Gasteiger partial charge in [-0.1, -0.05) is 42.5 Å². The highest BCUT2D eigenvalue weighted by atomic mass is 32.2. The van der Waals surface area contributed by atoms with Gasteiger partial charge in [0.15, 0.2) is 0 Å². The van der Waals surface area contributed by atoms with E-state index in [4.69, 9.17) is 0 Å². The molecule has 0 aliphatic heterocycles. The summed E-state index contributed by atoms with van der Waals surface area (Å²) in [7, 11) is -2.25. The Morgan fingerprint density at radius 3 is 2.17 bits per heavy atom. The molecule has 0 radical (unpaired) electrons. The molecule has 0 atom stereocenters. The molecule has 88 valence electrons. The molecule has 0 fully saturated rings. The van der Waals surface area contributed by atoms with Gasteiger partial charge in [-0.05, 0) is 11.5 Å². The number of para-hydroxylation sites is 1. The van der Waals surface area contributed by atoms with Crippen LogP contribution in [0.5, 0.6) is 0 Å². The zero-order chi connectivity index (χ0) is 12.5.